The maximum atomic E-state index is 5.54. The summed E-state index contributed by atoms with van der Waals surface area (Å²) in [4.78, 5) is 4.14. The Balaban J connectivity index is 4.39. The Bertz CT molecular complexity index is 233. The van der Waals surface area contributed by atoms with Crippen molar-refractivity contribution in [1.29, 1.82) is 0 Å². The van der Waals surface area contributed by atoms with Crippen LogP contribution in [-0.4, -0.2) is 18.4 Å². The SMILES string of the molecule is C#C/C=C(\N=C/C)C(C)OC(C)C. The van der Waals surface area contributed by atoms with E-state index in [2.05, 4.69) is 10.9 Å². The zero-order valence-electron chi connectivity index (χ0n) is 8.74. The number of hydrogen-bond donors (Lipinski definition) is 0. The Kier molecular flexibility index (Phi) is 5.92. The van der Waals surface area contributed by atoms with Gasteiger partial charge in [-0.3, -0.25) is 4.99 Å². The van der Waals surface area contributed by atoms with Gasteiger partial charge >= 0.3 is 0 Å². The van der Waals surface area contributed by atoms with Gasteiger partial charge in [0.05, 0.1) is 17.9 Å². The van der Waals surface area contributed by atoms with Crippen molar-refractivity contribution in [3.05, 3.63) is 11.8 Å². The van der Waals surface area contributed by atoms with Gasteiger partial charge in [-0.25, -0.2) is 0 Å². The topological polar surface area (TPSA) is 21.6 Å². The van der Waals surface area contributed by atoms with Gasteiger partial charge in [0.1, 0.15) is 0 Å². The number of rotatable bonds is 4. The number of ether oxygens (including phenoxy) is 1. The van der Waals surface area contributed by atoms with Crippen LogP contribution < -0.4 is 0 Å². The minimum atomic E-state index is -0.0488. The molecule has 0 radical (unpaired) electrons. The number of nitrogens with zero attached hydrogens (tertiary/aromatic N) is 1. The second kappa shape index (κ2) is 6.45. The van der Waals surface area contributed by atoms with Crippen LogP contribution in [0.5, 0.6) is 0 Å². The molecule has 0 fully saturated rings. The van der Waals surface area contributed by atoms with Crippen LogP contribution >= 0.6 is 0 Å². The summed E-state index contributed by atoms with van der Waals surface area (Å²) in [6, 6.07) is 0. The van der Waals surface area contributed by atoms with Gasteiger partial charge in [0.25, 0.3) is 0 Å². The average Bonchev–Trinajstić information content (AvgIpc) is 2.02. The molecule has 0 amide bonds. The van der Waals surface area contributed by atoms with E-state index in [1.165, 1.54) is 0 Å². The van der Waals surface area contributed by atoms with Crippen molar-refractivity contribution in [2.75, 3.05) is 0 Å². The maximum absolute atomic E-state index is 5.54. The largest absolute Gasteiger partial charge is 0.370 e. The molecule has 72 valence electrons. The lowest BCUT2D eigenvalue weighted by atomic mass is 10.2. The minimum absolute atomic E-state index is 0.0488. The molecule has 1 atom stereocenters. The molecule has 0 saturated heterocycles. The van der Waals surface area contributed by atoms with Crippen molar-refractivity contribution >= 4 is 6.21 Å². The molecule has 0 aliphatic heterocycles. The molecule has 0 heterocycles. The van der Waals surface area contributed by atoms with E-state index < -0.39 is 0 Å². The monoisotopic (exact) mass is 179 g/mol. The third-order valence-corrected chi connectivity index (χ3v) is 1.40. The van der Waals surface area contributed by atoms with E-state index in [0.717, 1.165) is 5.70 Å². The lowest BCUT2D eigenvalue weighted by Crippen LogP contribution is -2.15. The first-order valence-corrected chi connectivity index (χ1v) is 4.42. The lowest BCUT2D eigenvalue weighted by molar-refractivity contribution is 0.0391. The smallest absolute Gasteiger partial charge is 0.0976 e. The Morgan fingerprint density at radius 2 is 2.08 bits per heavy atom. The minimum Gasteiger partial charge on any atom is -0.370 e. The summed E-state index contributed by atoms with van der Waals surface area (Å²) in [5.41, 5.74) is 0.790. The molecule has 0 aromatic carbocycles. The summed E-state index contributed by atoms with van der Waals surface area (Å²) >= 11 is 0. The maximum Gasteiger partial charge on any atom is 0.0976 e. The van der Waals surface area contributed by atoms with Crippen LogP contribution in [0, 0.1) is 12.3 Å². The van der Waals surface area contributed by atoms with Crippen LogP contribution in [0.1, 0.15) is 27.7 Å². The van der Waals surface area contributed by atoms with Crippen molar-refractivity contribution in [1.82, 2.24) is 0 Å². The van der Waals surface area contributed by atoms with Crippen LogP contribution in [0.3, 0.4) is 0 Å². The fourth-order valence-corrected chi connectivity index (χ4v) is 0.972. The van der Waals surface area contributed by atoms with E-state index in [-0.39, 0.29) is 12.2 Å². The van der Waals surface area contributed by atoms with Gasteiger partial charge in [0.15, 0.2) is 0 Å². The van der Waals surface area contributed by atoms with Crippen molar-refractivity contribution in [2.45, 2.75) is 39.9 Å². The zero-order chi connectivity index (χ0) is 10.3. The van der Waals surface area contributed by atoms with Gasteiger partial charge < -0.3 is 4.74 Å². The number of aliphatic imine (C=N–C) groups is 1. The second-order valence-electron chi connectivity index (χ2n) is 2.95. The molecule has 1 unspecified atom stereocenters. The molecule has 0 spiro atoms. The summed E-state index contributed by atoms with van der Waals surface area (Å²) in [5, 5.41) is 0. The Hall–Kier alpha value is -1.07. The molecular formula is C11H17NO. The molecule has 0 aromatic rings. The summed E-state index contributed by atoms with van der Waals surface area (Å²) in [5.74, 6) is 2.45. The Labute approximate surface area is 80.7 Å². The zero-order valence-corrected chi connectivity index (χ0v) is 8.74. The fraction of sp³-hybridized carbons (Fsp3) is 0.545. The van der Waals surface area contributed by atoms with E-state index in [1.54, 1.807) is 12.3 Å². The highest BCUT2D eigenvalue weighted by molar-refractivity contribution is 5.55. The average molecular weight is 179 g/mol. The van der Waals surface area contributed by atoms with E-state index in [9.17, 15) is 0 Å². The predicted molar refractivity (Wildman–Crippen MR) is 56.8 cm³/mol. The van der Waals surface area contributed by atoms with Crippen LogP contribution in [0.4, 0.5) is 0 Å². The molecule has 0 bridgehead atoms. The van der Waals surface area contributed by atoms with Crippen LogP contribution in [-0.2, 0) is 4.74 Å². The van der Waals surface area contributed by atoms with E-state index in [4.69, 9.17) is 11.2 Å². The number of allylic oxidation sites excluding steroid dienone is 1. The summed E-state index contributed by atoms with van der Waals surface area (Å²) in [6.07, 6.45) is 8.65. The third-order valence-electron chi connectivity index (χ3n) is 1.40. The Morgan fingerprint density at radius 3 is 2.46 bits per heavy atom. The molecule has 0 rings (SSSR count). The van der Waals surface area contributed by atoms with E-state index >= 15 is 0 Å². The molecule has 2 nitrogen and oxygen atoms in total. The molecule has 0 saturated carbocycles. The first-order chi connectivity index (χ1) is 6.11. The summed E-state index contributed by atoms with van der Waals surface area (Å²) in [7, 11) is 0. The first kappa shape index (κ1) is 11.9. The van der Waals surface area contributed by atoms with Gasteiger partial charge in [-0.1, -0.05) is 5.92 Å². The third kappa shape index (κ3) is 5.21. The van der Waals surface area contributed by atoms with Gasteiger partial charge in [-0.05, 0) is 27.7 Å². The van der Waals surface area contributed by atoms with E-state index in [1.807, 2.05) is 27.7 Å². The Morgan fingerprint density at radius 1 is 1.46 bits per heavy atom. The quantitative estimate of drug-likeness (QED) is 0.479. The molecule has 0 aliphatic carbocycles. The van der Waals surface area contributed by atoms with Crippen molar-refractivity contribution < 1.29 is 4.74 Å². The molecule has 0 aliphatic rings. The van der Waals surface area contributed by atoms with Crippen molar-refractivity contribution in [2.24, 2.45) is 4.99 Å². The standard InChI is InChI=1S/C11H17NO/c1-6-8-11(12-7-2)10(5)13-9(3)4/h1,7-10H,2-5H3/b11-8-,12-7-. The highest BCUT2D eigenvalue weighted by atomic mass is 16.5. The second-order valence-corrected chi connectivity index (χ2v) is 2.95. The molecule has 0 N–H and O–H groups in total. The van der Waals surface area contributed by atoms with Crippen LogP contribution in [0.2, 0.25) is 0 Å². The number of hydrogen-bond acceptors (Lipinski definition) is 2. The number of terminal acetylenes is 1. The highest BCUT2D eigenvalue weighted by Gasteiger charge is 2.08. The van der Waals surface area contributed by atoms with E-state index in [0.29, 0.717) is 0 Å². The van der Waals surface area contributed by atoms with Crippen LogP contribution in [0.15, 0.2) is 16.8 Å². The van der Waals surface area contributed by atoms with Gasteiger partial charge in [0.2, 0.25) is 0 Å². The lowest BCUT2D eigenvalue weighted by Gasteiger charge is -2.15. The highest BCUT2D eigenvalue weighted by Crippen LogP contribution is 2.09. The molecule has 2 heteroatoms. The molecule has 13 heavy (non-hydrogen) atoms. The van der Waals surface area contributed by atoms with Crippen LogP contribution in [0.25, 0.3) is 0 Å². The predicted octanol–water partition coefficient (Wildman–Crippen LogP) is 2.41. The van der Waals surface area contributed by atoms with Gasteiger partial charge in [0, 0.05) is 12.3 Å². The van der Waals surface area contributed by atoms with Crippen molar-refractivity contribution in [3.8, 4) is 12.3 Å². The first-order valence-electron chi connectivity index (χ1n) is 4.42. The van der Waals surface area contributed by atoms with Crippen molar-refractivity contribution in [3.63, 3.8) is 0 Å². The summed E-state index contributed by atoms with van der Waals surface area (Å²) in [6.45, 7) is 7.77. The van der Waals surface area contributed by atoms with Gasteiger partial charge in [-0.2, -0.15) is 0 Å². The summed E-state index contributed by atoms with van der Waals surface area (Å²) < 4.78 is 5.54. The molecule has 0 aromatic heterocycles. The molecular weight excluding hydrogens is 162 g/mol. The fourth-order valence-electron chi connectivity index (χ4n) is 0.972. The van der Waals surface area contributed by atoms with Gasteiger partial charge in [-0.15, -0.1) is 6.42 Å². The normalized spacial score (nSPS) is 14.9.